The number of aromatic nitrogens is 1. The van der Waals surface area contributed by atoms with Crippen molar-refractivity contribution in [2.75, 3.05) is 0 Å². The molecule has 45 heavy (non-hydrogen) atoms. The summed E-state index contributed by atoms with van der Waals surface area (Å²) in [5, 5.41) is 14.4. The van der Waals surface area contributed by atoms with Gasteiger partial charge in [0.15, 0.2) is 0 Å². The summed E-state index contributed by atoms with van der Waals surface area (Å²) in [6.45, 7) is 0. The van der Waals surface area contributed by atoms with Gasteiger partial charge < -0.3 is 0 Å². The number of alkyl halides is 2. The van der Waals surface area contributed by atoms with Crippen LogP contribution in [0.15, 0.2) is 100 Å². The third-order valence-electron chi connectivity index (χ3n) is 7.07. The topological polar surface area (TPSA) is 75.2 Å². The Labute approximate surface area is 266 Å². The molecule has 2 heterocycles. The Bertz CT molecular complexity index is 2170. The average molecular weight is 662 g/mol. The lowest BCUT2D eigenvalue weighted by Crippen LogP contribution is -1.99. The molecule has 4 aromatic carbocycles. The second kappa shape index (κ2) is 12.3. The van der Waals surface area contributed by atoms with Gasteiger partial charge >= 0.3 is 5.91 Å². The van der Waals surface area contributed by atoms with Crippen LogP contribution in [0.3, 0.4) is 0 Å². The summed E-state index contributed by atoms with van der Waals surface area (Å²) in [5.41, 5.74) is 2.86. The van der Waals surface area contributed by atoms with Crippen LogP contribution in [-0.4, -0.2) is 9.88 Å². The molecule has 6 aromatic rings. The highest BCUT2D eigenvalue weighted by Crippen LogP contribution is 2.47. The lowest BCUT2D eigenvalue weighted by Gasteiger charge is -2.14. The van der Waals surface area contributed by atoms with Crippen LogP contribution in [0.25, 0.3) is 44.4 Å². The third kappa shape index (κ3) is 5.64. The number of nitroso groups, excluding NO2 is 1. The first-order valence-electron chi connectivity index (χ1n) is 13.1. The first-order valence-corrected chi connectivity index (χ1v) is 15.1. The molecule has 2 aromatic heterocycles. The van der Waals surface area contributed by atoms with E-state index >= 15 is 0 Å². The van der Waals surface area contributed by atoms with Gasteiger partial charge in [-0.2, -0.15) is 5.26 Å². The minimum atomic E-state index is -2.63. The number of thiophene rings is 1. The van der Waals surface area contributed by atoms with Gasteiger partial charge in [-0.3, -0.25) is 8.77 Å². The Morgan fingerprint density at radius 2 is 1.71 bits per heavy atom. The van der Waals surface area contributed by atoms with E-state index in [0.29, 0.717) is 48.6 Å². The first kappa shape index (κ1) is 30.3. The molecular formula is C33H16ClF4N3O2S2. The Morgan fingerprint density at radius 1 is 0.956 bits per heavy atom. The van der Waals surface area contributed by atoms with Crippen molar-refractivity contribution in [3.8, 4) is 39.6 Å². The molecular weight excluding hydrogens is 646 g/mol. The quantitative estimate of drug-likeness (QED) is 0.126. The van der Waals surface area contributed by atoms with Crippen LogP contribution in [0.1, 0.15) is 27.2 Å². The fourth-order valence-corrected chi connectivity index (χ4v) is 7.03. The minimum absolute atomic E-state index is 0.00137. The largest absolute Gasteiger partial charge is 0.319 e. The molecule has 1 amide bonds. The molecule has 0 bridgehead atoms. The van der Waals surface area contributed by atoms with Crippen LogP contribution in [0, 0.1) is 27.9 Å². The normalized spacial score (nSPS) is 11.2. The summed E-state index contributed by atoms with van der Waals surface area (Å²) in [7, 11) is 0. The van der Waals surface area contributed by atoms with Gasteiger partial charge in [-0.1, -0.05) is 41.9 Å². The minimum Gasteiger partial charge on any atom is -0.279 e. The van der Waals surface area contributed by atoms with Gasteiger partial charge in [0.2, 0.25) is 0 Å². The molecule has 5 nitrogen and oxygen atoms in total. The van der Waals surface area contributed by atoms with Gasteiger partial charge in [0.05, 0.1) is 16.8 Å². The molecule has 0 radical (unpaired) electrons. The molecule has 222 valence electrons. The van der Waals surface area contributed by atoms with E-state index in [2.05, 4.69) is 11.2 Å². The number of carbonyl (C=O) groups excluding carboxylic acids is 1. The van der Waals surface area contributed by atoms with Gasteiger partial charge in [-0.15, -0.1) is 16.2 Å². The van der Waals surface area contributed by atoms with Gasteiger partial charge in [-0.05, 0) is 77.5 Å². The van der Waals surface area contributed by atoms with Crippen molar-refractivity contribution in [2.45, 2.75) is 11.3 Å². The van der Waals surface area contributed by atoms with E-state index in [4.69, 9.17) is 11.6 Å². The molecule has 0 aliphatic carbocycles. The van der Waals surface area contributed by atoms with Crippen molar-refractivity contribution < 1.29 is 22.4 Å². The molecule has 0 unspecified atom stereocenters. The number of fused-ring (bicyclic) bond motifs is 1. The van der Waals surface area contributed by atoms with E-state index in [1.165, 1.54) is 47.6 Å². The van der Waals surface area contributed by atoms with E-state index in [1.807, 2.05) is 3.97 Å². The predicted molar refractivity (Wildman–Crippen MR) is 169 cm³/mol. The summed E-state index contributed by atoms with van der Waals surface area (Å²) in [6.07, 6.45) is -2.63. The molecule has 0 aliphatic heterocycles. The number of benzene rings is 4. The van der Waals surface area contributed by atoms with Crippen molar-refractivity contribution in [1.82, 2.24) is 3.97 Å². The van der Waals surface area contributed by atoms with E-state index in [-0.39, 0.29) is 16.1 Å². The van der Waals surface area contributed by atoms with Gasteiger partial charge in [0.1, 0.15) is 22.6 Å². The zero-order valence-electron chi connectivity index (χ0n) is 22.6. The zero-order valence-corrected chi connectivity index (χ0v) is 25.0. The van der Waals surface area contributed by atoms with Crippen LogP contribution in [-0.2, 0) is 0 Å². The maximum absolute atomic E-state index is 14.9. The number of rotatable bonds is 7. The van der Waals surface area contributed by atoms with E-state index in [9.17, 15) is 32.5 Å². The number of carbonyl (C=O) groups is 1. The number of hydrogen-bond acceptors (Lipinski definition) is 5. The van der Waals surface area contributed by atoms with E-state index in [1.54, 1.807) is 53.9 Å². The van der Waals surface area contributed by atoms with Crippen molar-refractivity contribution in [2.24, 2.45) is 5.18 Å². The standard InChI is InChI=1S/C33H16ClF4N3O2S2/c34-26-14-24(33(42)40-43)27(36)15-23(26)18-2-1-3-19(12-18)31-30(22-10-11-44-29(22)16-39)25-13-20(35)6-9-28(25)41(31)45-21-7-4-17(5-8-21)32(37)38/h1-15,32H. The third-order valence-corrected chi connectivity index (χ3v) is 9.25. The van der Waals surface area contributed by atoms with Crippen LogP contribution < -0.4 is 0 Å². The average Bonchev–Trinajstić information content (AvgIpc) is 3.63. The molecule has 0 aliphatic rings. The fraction of sp³-hybridized carbons (Fsp3) is 0.0303. The first-order chi connectivity index (χ1) is 21.7. The van der Waals surface area contributed by atoms with Crippen molar-refractivity contribution in [3.63, 3.8) is 0 Å². The van der Waals surface area contributed by atoms with Crippen LogP contribution in [0.2, 0.25) is 5.02 Å². The zero-order chi connectivity index (χ0) is 31.8. The summed E-state index contributed by atoms with van der Waals surface area (Å²) in [6, 6.07) is 23.0. The Kier molecular flexibility index (Phi) is 8.29. The molecule has 0 spiro atoms. The molecule has 0 N–H and O–H groups in total. The van der Waals surface area contributed by atoms with Crippen molar-refractivity contribution >= 4 is 51.7 Å². The van der Waals surface area contributed by atoms with Crippen molar-refractivity contribution in [1.29, 1.82) is 5.26 Å². The second-order valence-corrected chi connectivity index (χ2v) is 12.0. The highest BCUT2D eigenvalue weighted by molar-refractivity contribution is 7.98. The Balaban J connectivity index is 1.62. The molecule has 0 saturated carbocycles. The summed E-state index contributed by atoms with van der Waals surface area (Å²) < 4.78 is 58.0. The predicted octanol–water partition coefficient (Wildman–Crippen LogP) is 10.9. The maximum Gasteiger partial charge on any atom is 0.319 e. The Hall–Kier alpha value is -4.76. The number of halogens is 5. The Morgan fingerprint density at radius 3 is 2.42 bits per heavy atom. The number of nitrogens with zero attached hydrogens (tertiary/aromatic N) is 3. The molecule has 0 saturated heterocycles. The van der Waals surface area contributed by atoms with Crippen LogP contribution >= 0.6 is 34.9 Å². The highest BCUT2D eigenvalue weighted by atomic mass is 35.5. The smallest absolute Gasteiger partial charge is 0.279 e. The summed E-state index contributed by atoms with van der Waals surface area (Å²) in [4.78, 5) is 23.5. The van der Waals surface area contributed by atoms with E-state index < -0.39 is 29.5 Å². The number of amides is 1. The SMILES string of the molecule is N#Cc1sccc1-c1c(-c2cccc(-c3cc(F)c(C(=O)N=O)cc3Cl)c2)n(Sc2ccc(C(F)F)cc2)c2ccc(F)cc12. The summed E-state index contributed by atoms with van der Waals surface area (Å²) >= 11 is 8.89. The highest BCUT2D eigenvalue weighted by Gasteiger charge is 2.25. The van der Waals surface area contributed by atoms with Crippen LogP contribution in [0.4, 0.5) is 17.6 Å². The fourth-order valence-electron chi connectivity index (χ4n) is 5.05. The lowest BCUT2D eigenvalue weighted by molar-refractivity contribution is 0.0997. The summed E-state index contributed by atoms with van der Waals surface area (Å²) in [5.74, 6) is -2.77. The molecule has 6 rings (SSSR count). The molecule has 0 fully saturated rings. The van der Waals surface area contributed by atoms with Crippen LogP contribution in [0.5, 0.6) is 0 Å². The van der Waals surface area contributed by atoms with Gasteiger partial charge in [0, 0.05) is 48.3 Å². The molecule has 12 heteroatoms. The maximum atomic E-state index is 14.9. The monoisotopic (exact) mass is 661 g/mol. The molecule has 0 atom stereocenters. The van der Waals surface area contributed by atoms with E-state index in [0.717, 1.165) is 12.1 Å². The second-order valence-electron chi connectivity index (χ2n) is 9.70. The van der Waals surface area contributed by atoms with Crippen molar-refractivity contribution in [3.05, 3.63) is 128 Å². The number of hydrogen-bond donors (Lipinski definition) is 0. The van der Waals surface area contributed by atoms with Gasteiger partial charge in [-0.25, -0.2) is 17.6 Å². The number of nitriles is 1. The van der Waals surface area contributed by atoms with Gasteiger partial charge in [0.25, 0.3) is 6.43 Å². The lowest BCUT2D eigenvalue weighted by atomic mass is 9.96.